The van der Waals surface area contributed by atoms with Gasteiger partial charge in [0.05, 0.1) is 21.7 Å². The number of rotatable bonds is 2. The summed E-state index contributed by atoms with van der Waals surface area (Å²) in [5.74, 6) is 0.417. The molecule has 0 radical (unpaired) electrons. The summed E-state index contributed by atoms with van der Waals surface area (Å²) in [4.78, 5) is 18.6. The van der Waals surface area contributed by atoms with E-state index < -0.39 is 0 Å². The number of hydrogen-bond acceptors (Lipinski definition) is 3. The van der Waals surface area contributed by atoms with Crippen LogP contribution in [0.1, 0.15) is 6.92 Å². The maximum atomic E-state index is 11.1. The summed E-state index contributed by atoms with van der Waals surface area (Å²) < 4.78 is 1.62. The van der Waals surface area contributed by atoms with Crippen LogP contribution in [0.4, 0.5) is 5.69 Å². The molecule has 0 aliphatic carbocycles. The molecule has 0 spiro atoms. The Bertz CT molecular complexity index is 747. The van der Waals surface area contributed by atoms with Gasteiger partial charge in [-0.1, -0.05) is 11.6 Å². The highest BCUT2D eigenvalue weighted by Crippen LogP contribution is 2.27. The lowest BCUT2D eigenvalue weighted by molar-refractivity contribution is -0.114. The number of hydrogen-bond donors (Lipinski definition) is 2. The molecular weight excluding hydrogens is 266 g/mol. The van der Waals surface area contributed by atoms with Crippen molar-refractivity contribution in [2.45, 2.75) is 6.92 Å². The third-order valence-electron chi connectivity index (χ3n) is 2.59. The number of nitrogens with zero attached hydrogens (tertiary/aromatic N) is 3. The molecule has 1 aromatic carbocycles. The Morgan fingerprint density at radius 1 is 1.47 bits per heavy atom. The highest BCUT2D eigenvalue weighted by Gasteiger charge is 2.09. The zero-order valence-corrected chi connectivity index (χ0v) is 10.8. The summed E-state index contributed by atoms with van der Waals surface area (Å²) in [6.07, 6.45) is 3.46. The lowest BCUT2D eigenvalue weighted by Crippen LogP contribution is -2.06. The summed E-state index contributed by atoms with van der Waals surface area (Å²) in [7, 11) is 0. The van der Waals surface area contributed by atoms with E-state index in [1.54, 1.807) is 29.2 Å². The molecule has 2 heterocycles. The molecule has 96 valence electrons. The number of fused-ring (bicyclic) bond motifs is 1. The van der Waals surface area contributed by atoms with Crippen molar-refractivity contribution in [1.82, 2.24) is 19.7 Å². The molecular formula is C12H10ClN5O. The second-order valence-corrected chi connectivity index (χ2v) is 4.45. The lowest BCUT2D eigenvalue weighted by atomic mass is 10.2. The van der Waals surface area contributed by atoms with Gasteiger partial charge in [-0.05, 0) is 18.2 Å². The summed E-state index contributed by atoms with van der Waals surface area (Å²) in [5, 5.41) is 7.21. The van der Waals surface area contributed by atoms with Gasteiger partial charge in [0.25, 0.3) is 0 Å². The number of benzene rings is 1. The second kappa shape index (κ2) is 4.40. The number of imidazole rings is 1. The number of carbonyl (C=O) groups excluding carboxylic acids is 1. The van der Waals surface area contributed by atoms with Crippen molar-refractivity contribution in [3.8, 4) is 5.95 Å². The molecule has 0 fully saturated rings. The van der Waals surface area contributed by atoms with Gasteiger partial charge >= 0.3 is 0 Å². The molecule has 7 heteroatoms. The third-order valence-corrected chi connectivity index (χ3v) is 2.90. The Morgan fingerprint density at radius 3 is 3.00 bits per heavy atom. The van der Waals surface area contributed by atoms with Crippen molar-refractivity contribution in [3.63, 3.8) is 0 Å². The number of amides is 1. The Morgan fingerprint density at radius 2 is 2.32 bits per heavy atom. The number of halogens is 1. The fourth-order valence-corrected chi connectivity index (χ4v) is 2.02. The molecule has 0 atom stereocenters. The molecule has 0 saturated heterocycles. The van der Waals surface area contributed by atoms with E-state index in [1.165, 1.54) is 6.92 Å². The standard InChI is InChI=1S/C12H10ClN5O/c1-7(19)15-9-6-11-10(5-8(9)13)16-12(17-11)18-4-2-3-14-18/h2-6H,1H3,(H,15,19)(H,16,17). The topological polar surface area (TPSA) is 75.6 Å². The average Bonchev–Trinajstić information content (AvgIpc) is 2.96. The van der Waals surface area contributed by atoms with Gasteiger partial charge in [0.2, 0.25) is 11.9 Å². The zero-order valence-electron chi connectivity index (χ0n) is 10.0. The van der Waals surface area contributed by atoms with Gasteiger partial charge in [-0.15, -0.1) is 0 Å². The van der Waals surface area contributed by atoms with Crippen LogP contribution in [0.15, 0.2) is 30.6 Å². The van der Waals surface area contributed by atoms with Crippen LogP contribution in [0.5, 0.6) is 0 Å². The molecule has 3 rings (SSSR count). The van der Waals surface area contributed by atoms with Gasteiger partial charge in [-0.25, -0.2) is 9.67 Å². The van der Waals surface area contributed by atoms with Gasteiger partial charge in [0.1, 0.15) is 0 Å². The van der Waals surface area contributed by atoms with E-state index in [2.05, 4.69) is 20.4 Å². The van der Waals surface area contributed by atoms with Crippen LogP contribution in [0, 0.1) is 0 Å². The molecule has 2 aromatic heterocycles. The van der Waals surface area contributed by atoms with Gasteiger partial charge in [-0.3, -0.25) is 4.79 Å². The minimum absolute atomic E-state index is 0.177. The van der Waals surface area contributed by atoms with Crippen molar-refractivity contribution < 1.29 is 4.79 Å². The number of anilines is 1. The number of H-pyrrole nitrogens is 1. The smallest absolute Gasteiger partial charge is 0.229 e. The first-order chi connectivity index (χ1) is 9.13. The molecule has 19 heavy (non-hydrogen) atoms. The molecule has 6 nitrogen and oxygen atoms in total. The summed E-state index contributed by atoms with van der Waals surface area (Å²) in [6.45, 7) is 1.43. The maximum Gasteiger partial charge on any atom is 0.229 e. The zero-order chi connectivity index (χ0) is 13.4. The number of aromatic amines is 1. The fraction of sp³-hybridized carbons (Fsp3) is 0.0833. The van der Waals surface area contributed by atoms with Gasteiger partial charge in [0.15, 0.2) is 0 Å². The van der Waals surface area contributed by atoms with E-state index in [0.717, 1.165) is 5.52 Å². The van der Waals surface area contributed by atoms with Crippen LogP contribution < -0.4 is 5.32 Å². The molecule has 0 bridgehead atoms. The minimum atomic E-state index is -0.177. The van der Waals surface area contributed by atoms with E-state index in [1.807, 2.05) is 6.07 Å². The van der Waals surface area contributed by atoms with E-state index in [4.69, 9.17) is 11.6 Å². The van der Waals surface area contributed by atoms with Gasteiger partial charge in [0, 0.05) is 19.3 Å². The van der Waals surface area contributed by atoms with Crippen LogP contribution in [0.3, 0.4) is 0 Å². The fourth-order valence-electron chi connectivity index (χ4n) is 1.80. The summed E-state index contributed by atoms with van der Waals surface area (Å²) >= 11 is 6.10. The molecule has 0 unspecified atom stereocenters. The van der Waals surface area contributed by atoms with Crippen LogP contribution in [0.25, 0.3) is 17.0 Å². The highest BCUT2D eigenvalue weighted by atomic mass is 35.5. The molecule has 3 aromatic rings. The highest BCUT2D eigenvalue weighted by molar-refractivity contribution is 6.34. The lowest BCUT2D eigenvalue weighted by Gasteiger charge is -2.03. The molecule has 0 saturated carbocycles. The number of nitrogens with one attached hydrogen (secondary N) is 2. The van der Waals surface area contributed by atoms with Crippen molar-refractivity contribution in [2.24, 2.45) is 0 Å². The first-order valence-corrected chi connectivity index (χ1v) is 5.98. The minimum Gasteiger partial charge on any atom is -0.325 e. The SMILES string of the molecule is CC(=O)Nc1cc2nc(-n3cccn3)[nH]c2cc1Cl. The van der Waals surface area contributed by atoms with Crippen LogP contribution in [0.2, 0.25) is 5.02 Å². The maximum absolute atomic E-state index is 11.1. The first kappa shape index (κ1) is 11.7. The van der Waals surface area contributed by atoms with Crippen LogP contribution >= 0.6 is 11.6 Å². The first-order valence-electron chi connectivity index (χ1n) is 5.60. The van der Waals surface area contributed by atoms with E-state index >= 15 is 0 Å². The summed E-state index contributed by atoms with van der Waals surface area (Å²) in [5.41, 5.74) is 2.03. The van der Waals surface area contributed by atoms with Crippen molar-refractivity contribution in [2.75, 3.05) is 5.32 Å². The summed E-state index contributed by atoms with van der Waals surface area (Å²) in [6, 6.07) is 5.26. The van der Waals surface area contributed by atoms with Crippen LogP contribution in [-0.4, -0.2) is 25.7 Å². The van der Waals surface area contributed by atoms with Gasteiger partial charge < -0.3 is 10.3 Å². The van der Waals surface area contributed by atoms with Crippen molar-refractivity contribution >= 4 is 34.2 Å². The Labute approximate surface area is 113 Å². The Kier molecular flexibility index (Phi) is 2.72. The van der Waals surface area contributed by atoms with Gasteiger partial charge in [-0.2, -0.15) is 5.10 Å². The van der Waals surface area contributed by atoms with E-state index in [9.17, 15) is 4.79 Å². The molecule has 2 N–H and O–H groups in total. The third kappa shape index (κ3) is 2.17. The quantitative estimate of drug-likeness (QED) is 0.754. The Hall–Kier alpha value is -2.34. The average molecular weight is 276 g/mol. The van der Waals surface area contributed by atoms with Crippen LogP contribution in [-0.2, 0) is 4.79 Å². The monoisotopic (exact) mass is 275 g/mol. The molecule has 1 amide bonds. The molecule has 0 aliphatic heterocycles. The molecule has 0 aliphatic rings. The normalized spacial score (nSPS) is 10.8. The second-order valence-electron chi connectivity index (χ2n) is 4.04. The largest absolute Gasteiger partial charge is 0.325 e. The predicted molar refractivity (Wildman–Crippen MR) is 72.5 cm³/mol. The van der Waals surface area contributed by atoms with E-state index in [0.29, 0.717) is 22.2 Å². The number of carbonyl (C=O) groups is 1. The van der Waals surface area contributed by atoms with Crippen molar-refractivity contribution in [3.05, 3.63) is 35.6 Å². The van der Waals surface area contributed by atoms with Crippen molar-refractivity contribution in [1.29, 1.82) is 0 Å². The number of aromatic nitrogens is 4. The Balaban J connectivity index is 2.10. The van der Waals surface area contributed by atoms with E-state index in [-0.39, 0.29) is 5.91 Å². The predicted octanol–water partition coefficient (Wildman–Crippen LogP) is 2.36.